The molecule has 0 saturated heterocycles. The second-order valence-electron chi connectivity index (χ2n) is 6.50. The number of carbonyl (C=O) groups excluding carboxylic acids is 2. The van der Waals surface area contributed by atoms with Crippen molar-refractivity contribution in [3.8, 4) is 11.5 Å². The first-order chi connectivity index (χ1) is 14.0. The maximum Gasteiger partial charge on any atom is 0.342 e. The van der Waals surface area contributed by atoms with E-state index in [1.807, 2.05) is 49.4 Å². The van der Waals surface area contributed by atoms with Gasteiger partial charge in [-0.15, -0.1) is 0 Å². The van der Waals surface area contributed by atoms with Crippen molar-refractivity contribution >= 4 is 22.6 Å². The van der Waals surface area contributed by atoms with E-state index >= 15 is 0 Å². The van der Waals surface area contributed by atoms with Crippen LogP contribution in [-0.2, 0) is 9.53 Å². The lowest BCUT2D eigenvalue weighted by atomic mass is 10.00. The van der Waals surface area contributed by atoms with Crippen molar-refractivity contribution in [1.29, 1.82) is 0 Å². The highest BCUT2D eigenvalue weighted by molar-refractivity contribution is 5.94. The van der Waals surface area contributed by atoms with Crippen LogP contribution >= 0.6 is 0 Å². The van der Waals surface area contributed by atoms with Crippen LogP contribution in [-0.4, -0.2) is 32.7 Å². The minimum Gasteiger partial charge on any atom is -0.497 e. The zero-order valence-electron chi connectivity index (χ0n) is 16.6. The maximum absolute atomic E-state index is 12.3. The second-order valence-corrected chi connectivity index (χ2v) is 6.50. The summed E-state index contributed by atoms with van der Waals surface area (Å²) in [5, 5.41) is 5.05. The fraction of sp³-hybridized carbons (Fsp3) is 0.217. The summed E-state index contributed by atoms with van der Waals surface area (Å²) >= 11 is 0. The van der Waals surface area contributed by atoms with Crippen molar-refractivity contribution in [2.24, 2.45) is 0 Å². The molecule has 0 heterocycles. The van der Waals surface area contributed by atoms with E-state index < -0.39 is 5.97 Å². The summed E-state index contributed by atoms with van der Waals surface area (Å²) in [6.45, 7) is 1.51. The van der Waals surface area contributed by atoms with Gasteiger partial charge in [0, 0.05) is 6.07 Å². The molecule has 0 aromatic heterocycles. The highest BCUT2D eigenvalue weighted by Gasteiger charge is 2.18. The van der Waals surface area contributed by atoms with Gasteiger partial charge in [-0.3, -0.25) is 4.79 Å². The van der Waals surface area contributed by atoms with Gasteiger partial charge in [0.15, 0.2) is 6.61 Å². The Morgan fingerprint density at radius 2 is 1.72 bits per heavy atom. The van der Waals surface area contributed by atoms with Crippen LogP contribution in [0.15, 0.2) is 60.7 Å². The maximum atomic E-state index is 12.3. The minimum absolute atomic E-state index is 0.225. The first kappa shape index (κ1) is 20.2. The Hall–Kier alpha value is -3.54. The normalized spacial score (nSPS) is 11.6. The molecule has 1 unspecified atom stereocenters. The molecule has 3 aromatic rings. The third kappa shape index (κ3) is 4.66. The van der Waals surface area contributed by atoms with Gasteiger partial charge in [-0.1, -0.05) is 42.5 Å². The number of rotatable bonds is 7. The number of esters is 1. The number of nitrogens with one attached hydrogen (secondary N) is 1. The molecular weight excluding hydrogens is 370 g/mol. The number of benzene rings is 3. The van der Waals surface area contributed by atoms with Gasteiger partial charge in [-0.25, -0.2) is 4.79 Å². The molecule has 1 atom stereocenters. The average molecular weight is 393 g/mol. The van der Waals surface area contributed by atoms with E-state index in [1.165, 1.54) is 20.3 Å². The summed E-state index contributed by atoms with van der Waals surface area (Å²) in [5.41, 5.74) is 1.22. The van der Waals surface area contributed by atoms with E-state index in [4.69, 9.17) is 14.2 Å². The largest absolute Gasteiger partial charge is 0.497 e. The van der Waals surface area contributed by atoms with Crippen molar-refractivity contribution < 1.29 is 23.8 Å². The molecule has 6 heteroatoms. The predicted molar refractivity (Wildman–Crippen MR) is 110 cm³/mol. The van der Waals surface area contributed by atoms with Gasteiger partial charge in [0.25, 0.3) is 5.91 Å². The smallest absolute Gasteiger partial charge is 0.342 e. The van der Waals surface area contributed by atoms with Crippen LogP contribution in [0.3, 0.4) is 0 Å². The Morgan fingerprint density at radius 1 is 0.966 bits per heavy atom. The SMILES string of the molecule is COc1ccc(C(=O)OCC(=O)NC(C)c2cccc3ccccc23)c(OC)c1. The summed E-state index contributed by atoms with van der Waals surface area (Å²) in [7, 11) is 2.97. The Bertz CT molecular complexity index is 1030. The molecule has 150 valence electrons. The lowest BCUT2D eigenvalue weighted by molar-refractivity contribution is -0.124. The Balaban J connectivity index is 1.63. The molecule has 0 spiro atoms. The summed E-state index contributed by atoms with van der Waals surface area (Å²) < 4.78 is 15.5. The number of ether oxygens (including phenoxy) is 3. The van der Waals surface area contributed by atoms with Crippen LogP contribution in [0.4, 0.5) is 0 Å². The molecule has 0 fully saturated rings. The van der Waals surface area contributed by atoms with Gasteiger partial charge in [0.05, 0.1) is 20.3 Å². The van der Waals surface area contributed by atoms with E-state index in [2.05, 4.69) is 5.32 Å². The van der Waals surface area contributed by atoms with Crippen LogP contribution in [0.5, 0.6) is 11.5 Å². The molecule has 1 amide bonds. The molecule has 0 bridgehead atoms. The van der Waals surface area contributed by atoms with Gasteiger partial charge in [0.1, 0.15) is 17.1 Å². The number of hydrogen-bond donors (Lipinski definition) is 1. The quantitative estimate of drug-likeness (QED) is 0.617. The van der Waals surface area contributed by atoms with Crippen LogP contribution in [0.25, 0.3) is 10.8 Å². The molecule has 0 aliphatic rings. The lowest BCUT2D eigenvalue weighted by Crippen LogP contribution is -2.31. The van der Waals surface area contributed by atoms with E-state index in [0.717, 1.165) is 16.3 Å². The van der Waals surface area contributed by atoms with Crippen molar-refractivity contribution in [1.82, 2.24) is 5.32 Å². The Kier molecular flexibility index (Phi) is 6.34. The molecule has 6 nitrogen and oxygen atoms in total. The molecule has 3 rings (SSSR count). The molecular formula is C23H23NO5. The summed E-state index contributed by atoms with van der Waals surface area (Å²) in [4.78, 5) is 24.6. The zero-order chi connectivity index (χ0) is 20.8. The fourth-order valence-electron chi connectivity index (χ4n) is 3.16. The lowest BCUT2D eigenvalue weighted by Gasteiger charge is -2.17. The molecule has 0 saturated carbocycles. The standard InChI is InChI=1S/C23H23NO5/c1-15(18-10-6-8-16-7-4-5-9-19(16)18)24-22(25)14-29-23(26)20-12-11-17(27-2)13-21(20)28-3/h4-13,15H,14H2,1-3H3,(H,24,25). The van der Waals surface area contributed by atoms with Gasteiger partial charge in [-0.05, 0) is 35.4 Å². The van der Waals surface area contributed by atoms with Gasteiger partial charge < -0.3 is 19.5 Å². The first-order valence-electron chi connectivity index (χ1n) is 9.19. The fourth-order valence-corrected chi connectivity index (χ4v) is 3.16. The number of fused-ring (bicyclic) bond motifs is 1. The highest BCUT2D eigenvalue weighted by Crippen LogP contribution is 2.26. The highest BCUT2D eigenvalue weighted by atomic mass is 16.5. The van der Waals surface area contributed by atoms with Gasteiger partial charge in [-0.2, -0.15) is 0 Å². The molecule has 3 aromatic carbocycles. The molecule has 0 aliphatic heterocycles. The predicted octanol–water partition coefficient (Wildman–Crippen LogP) is 3.89. The molecule has 1 N–H and O–H groups in total. The molecule has 0 aliphatic carbocycles. The van der Waals surface area contributed by atoms with Gasteiger partial charge >= 0.3 is 5.97 Å². The number of carbonyl (C=O) groups is 2. The second kappa shape index (κ2) is 9.10. The monoisotopic (exact) mass is 393 g/mol. The van der Waals surface area contributed by atoms with E-state index in [1.54, 1.807) is 12.1 Å². The Morgan fingerprint density at radius 3 is 2.48 bits per heavy atom. The van der Waals surface area contributed by atoms with E-state index in [9.17, 15) is 9.59 Å². The third-order valence-electron chi connectivity index (χ3n) is 4.63. The zero-order valence-corrected chi connectivity index (χ0v) is 16.6. The van der Waals surface area contributed by atoms with Crippen molar-refractivity contribution in [2.45, 2.75) is 13.0 Å². The van der Waals surface area contributed by atoms with Gasteiger partial charge in [0.2, 0.25) is 0 Å². The molecule has 0 radical (unpaired) electrons. The minimum atomic E-state index is -0.641. The third-order valence-corrected chi connectivity index (χ3v) is 4.63. The van der Waals surface area contributed by atoms with Crippen molar-refractivity contribution in [3.05, 3.63) is 71.8 Å². The van der Waals surface area contributed by atoms with Crippen molar-refractivity contribution in [3.63, 3.8) is 0 Å². The summed E-state index contributed by atoms with van der Waals surface area (Å²) in [6, 6.07) is 18.4. The topological polar surface area (TPSA) is 73.9 Å². The average Bonchev–Trinajstić information content (AvgIpc) is 2.76. The Labute approximate surface area is 169 Å². The van der Waals surface area contributed by atoms with Crippen LogP contribution < -0.4 is 14.8 Å². The first-order valence-corrected chi connectivity index (χ1v) is 9.19. The number of hydrogen-bond acceptors (Lipinski definition) is 5. The number of methoxy groups -OCH3 is 2. The number of amides is 1. The van der Waals surface area contributed by atoms with Crippen molar-refractivity contribution in [2.75, 3.05) is 20.8 Å². The van der Waals surface area contributed by atoms with Crippen LogP contribution in [0, 0.1) is 0 Å². The van der Waals surface area contributed by atoms with Crippen LogP contribution in [0.2, 0.25) is 0 Å². The van der Waals surface area contributed by atoms with E-state index in [0.29, 0.717) is 11.5 Å². The molecule has 29 heavy (non-hydrogen) atoms. The summed E-state index contributed by atoms with van der Waals surface area (Å²) in [5.74, 6) is -0.150. The summed E-state index contributed by atoms with van der Waals surface area (Å²) in [6.07, 6.45) is 0. The van der Waals surface area contributed by atoms with E-state index in [-0.39, 0.29) is 24.1 Å². The van der Waals surface area contributed by atoms with Crippen LogP contribution in [0.1, 0.15) is 28.9 Å².